The Morgan fingerprint density at radius 1 is 0.174 bits per heavy atom. The van der Waals surface area contributed by atoms with Gasteiger partial charge in [0, 0.05) is 34.1 Å². The zero-order valence-corrected chi connectivity index (χ0v) is 39.0. The summed E-state index contributed by atoms with van der Waals surface area (Å²) in [6.45, 7) is 6.82. The molecular weight excluding hydrogens is 841 g/mol. The van der Waals surface area contributed by atoms with Gasteiger partial charge in [0.25, 0.3) is 0 Å². The van der Waals surface area contributed by atoms with Gasteiger partial charge in [-0.2, -0.15) is 0 Å². The van der Waals surface area contributed by atoms with E-state index >= 15 is 0 Å². The molecule has 0 fully saturated rings. The van der Waals surface area contributed by atoms with Crippen molar-refractivity contribution < 1.29 is 0 Å². The van der Waals surface area contributed by atoms with Gasteiger partial charge in [0.15, 0.2) is 0 Å². The molecule has 0 saturated carbocycles. The zero-order chi connectivity index (χ0) is 47.9. The SMILES string of the molecule is Cc1c(-c2cc(-c3ccc(N)cc3)cc(-c3ccc(N)cc3)c2)c(C)c(-c2cc(-c3ccc(N)cc3)cc(-c3ccc(N)cc3)c2)c(C)c1-c1cc(-c2ccc(N)cc2)cc(-c2ccc(N)cc2)c1. The summed E-state index contributed by atoms with van der Waals surface area (Å²) in [7, 11) is 0. The molecule has 0 aliphatic rings. The van der Waals surface area contributed by atoms with E-state index in [1.807, 2.05) is 72.8 Å². The molecule has 0 heterocycles. The molecule has 0 aromatic heterocycles. The van der Waals surface area contributed by atoms with Crippen molar-refractivity contribution in [3.05, 3.63) is 217 Å². The lowest BCUT2D eigenvalue weighted by molar-refractivity contribution is 1.32. The van der Waals surface area contributed by atoms with E-state index in [9.17, 15) is 0 Å². The van der Waals surface area contributed by atoms with Crippen LogP contribution < -0.4 is 34.4 Å². The van der Waals surface area contributed by atoms with E-state index in [1.54, 1.807) is 0 Å². The highest BCUT2D eigenvalue weighted by Gasteiger charge is 2.24. The molecule has 6 nitrogen and oxygen atoms in total. The first-order valence-corrected chi connectivity index (χ1v) is 23.1. The van der Waals surface area contributed by atoms with Gasteiger partial charge in [-0.25, -0.2) is 0 Å². The van der Waals surface area contributed by atoms with Crippen LogP contribution in [0.15, 0.2) is 200 Å². The molecule has 12 N–H and O–H groups in total. The predicted octanol–water partition coefficient (Wildman–Crippen LogP) is 15.1. The largest absolute Gasteiger partial charge is 0.399 e. The monoisotopic (exact) mass is 894 g/mol. The molecule has 0 aliphatic carbocycles. The highest BCUT2D eigenvalue weighted by atomic mass is 14.6. The molecule has 10 aromatic rings. The number of anilines is 6. The van der Waals surface area contributed by atoms with Crippen molar-refractivity contribution >= 4 is 34.1 Å². The topological polar surface area (TPSA) is 156 Å². The third-order valence-corrected chi connectivity index (χ3v) is 13.4. The minimum Gasteiger partial charge on any atom is -0.399 e. The Kier molecular flexibility index (Phi) is 11.4. The zero-order valence-electron chi connectivity index (χ0n) is 39.0. The van der Waals surface area contributed by atoms with Gasteiger partial charge >= 0.3 is 0 Å². The van der Waals surface area contributed by atoms with Gasteiger partial charge in [-0.3, -0.25) is 0 Å². The summed E-state index contributed by atoms with van der Waals surface area (Å²) in [6, 6.07) is 69.3. The Labute approximate surface area is 404 Å². The van der Waals surface area contributed by atoms with Crippen LogP contribution in [0.3, 0.4) is 0 Å². The summed E-state index contributed by atoms with van der Waals surface area (Å²) in [5.74, 6) is 0. The molecule has 10 aromatic carbocycles. The molecular formula is C63H54N6. The fourth-order valence-corrected chi connectivity index (χ4v) is 9.89. The molecule has 0 radical (unpaired) electrons. The van der Waals surface area contributed by atoms with Gasteiger partial charge in [-0.05, 0) is 265 Å². The fourth-order valence-electron chi connectivity index (χ4n) is 9.89. The van der Waals surface area contributed by atoms with Crippen molar-refractivity contribution in [2.24, 2.45) is 0 Å². The van der Waals surface area contributed by atoms with Crippen LogP contribution in [0.4, 0.5) is 34.1 Å². The van der Waals surface area contributed by atoms with Crippen molar-refractivity contribution in [2.75, 3.05) is 34.4 Å². The molecule has 0 bridgehead atoms. The molecule has 69 heavy (non-hydrogen) atoms. The van der Waals surface area contributed by atoms with E-state index in [1.165, 1.54) is 0 Å². The highest BCUT2D eigenvalue weighted by molar-refractivity contribution is 5.97. The third kappa shape index (κ3) is 8.87. The first-order valence-electron chi connectivity index (χ1n) is 23.1. The Bertz CT molecular complexity index is 2930. The van der Waals surface area contributed by atoms with E-state index in [4.69, 9.17) is 34.4 Å². The van der Waals surface area contributed by atoms with Crippen LogP contribution in [0, 0.1) is 20.8 Å². The second kappa shape index (κ2) is 18.0. The van der Waals surface area contributed by atoms with Crippen LogP contribution >= 0.6 is 0 Å². The summed E-state index contributed by atoms with van der Waals surface area (Å²) in [5, 5.41) is 0. The Balaban J connectivity index is 1.31. The summed E-state index contributed by atoms with van der Waals surface area (Å²) in [4.78, 5) is 0. The second-order valence-corrected chi connectivity index (χ2v) is 18.1. The second-order valence-electron chi connectivity index (χ2n) is 18.1. The number of hydrogen-bond donors (Lipinski definition) is 6. The molecule has 0 aliphatic heterocycles. The molecule has 0 amide bonds. The van der Waals surface area contributed by atoms with Crippen LogP contribution in [-0.4, -0.2) is 0 Å². The van der Waals surface area contributed by atoms with Crippen molar-refractivity contribution in [2.45, 2.75) is 20.8 Å². The van der Waals surface area contributed by atoms with E-state index < -0.39 is 0 Å². The van der Waals surface area contributed by atoms with Crippen molar-refractivity contribution in [1.82, 2.24) is 0 Å². The summed E-state index contributed by atoms with van der Waals surface area (Å²) >= 11 is 0. The van der Waals surface area contributed by atoms with Crippen LogP contribution in [0.2, 0.25) is 0 Å². The maximum Gasteiger partial charge on any atom is 0.0314 e. The normalized spacial score (nSPS) is 11.2. The molecule has 0 saturated heterocycles. The van der Waals surface area contributed by atoms with Crippen molar-refractivity contribution in [1.29, 1.82) is 0 Å². The summed E-state index contributed by atoms with van der Waals surface area (Å²) in [5.41, 5.74) is 64.8. The lowest BCUT2D eigenvalue weighted by atomic mass is 9.78. The third-order valence-electron chi connectivity index (χ3n) is 13.4. The van der Waals surface area contributed by atoms with Gasteiger partial charge in [0.2, 0.25) is 0 Å². The van der Waals surface area contributed by atoms with Crippen molar-refractivity contribution in [3.8, 4) is 100 Å². The number of nitrogen functional groups attached to an aromatic ring is 6. The first kappa shape index (κ1) is 43.9. The fraction of sp³-hybridized carbons (Fsp3) is 0.0476. The van der Waals surface area contributed by atoms with Crippen LogP contribution in [0.5, 0.6) is 0 Å². The molecule has 0 atom stereocenters. The van der Waals surface area contributed by atoms with Crippen molar-refractivity contribution in [3.63, 3.8) is 0 Å². The van der Waals surface area contributed by atoms with Crippen LogP contribution in [-0.2, 0) is 0 Å². The standard InChI is InChI=1S/C63H54N6/c1-37-61(52-31-46(40-4-16-55(64)17-5-40)28-47(32-52)41-6-18-56(65)19-7-41)38(2)63(54-35-50(44-12-24-59(68)25-13-44)30-51(36-54)45-14-26-60(69)27-15-45)39(3)62(37)53-33-48(42-8-20-57(66)21-9-42)29-49(34-53)43-10-22-58(67)23-11-43/h4-36H,64-69H2,1-3H3. The van der Waals surface area contributed by atoms with Crippen LogP contribution in [0.1, 0.15) is 16.7 Å². The number of rotatable bonds is 9. The molecule has 0 unspecified atom stereocenters. The predicted molar refractivity (Wildman–Crippen MR) is 296 cm³/mol. The van der Waals surface area contributed by atoms with Gasteiger partial charge in [-0.15, -0.1) is 0 Å². The van der Waals surface area contributed by atoms with E-state index in [0.717, 1.165) is 117 Å². The maximum absolute atomic E-state index is 6.24. The average molecular weight is 895 g/mol. The quantitative estimate of drug-likeness (QED) is 0.0792. The van der Waals surface area contributed by atoms with Gasteiger partial charge < -0.3 is 34.4 Å². The van der Waals surface area contributed by atoms with E-state index in [0.29, 0.717) is 34.1 Å². The van der Waals surface area contributed by atoms with E-state index in [-0.39, 0.29) is 0 Å². The maximum atomic E-state index is 6.24. The first-order chi connectivity index (χ1) is 33.3. The highest BCUT2D eigenvalue weighted by Crippen LogP contribution is 2.48. The molecule has 6 heteroatoms. The van der Waals surface area contributed by atoms with Gasteiger partial charge in [0.05, 0.1) is 0 Å². The molecule has 336 valence electrons. The minimum atomic E-state index is 0.715. The number of benzene rings is 10. The summed E-state index contributed by atoms with van der Waals surface area (Å²) in [6.07, 6.45) is 0. The minimum absolute atomic E-state index is 0.715. The average Bonchev–Trinajstić information content (AvgIpc) is 3.35. The van der Waals surface area contributed by atoms with Gasteiger partial charge in [-0.1, -0.05) is 72.8 Å². The Morgan fingerprint density at radius 3 is 0.449 bits per heavy atom. The molecule has 10 rings (SSSR count). The van der Waals surface area contributed by atoms with Crippen LogP contribution in [0.25, 0.3) is 100 Å². The lowest BCUT2D eigenvalue weighted by Gasteiger charge is -2.25. The van der Waals surface area contributed by atoms with E-state index in [2.05, 4.69) is 148 Å². The van der Waals surface area contributed by atoms with Gasteiger partial charge in [0.1, 0.15) is 0 Å². The lowest BCUT2D eigenvalue weighted by Crippen LogP contribution is -2.02. The number of nitrogens with two attached hydrogens (primary N) is 6. The molecule has 0 spiro atoms. The smallest absolute Gasteiger partial charge is 0.0314 e. The summed E-state index contributed by atoms with van der Waals surface area (Å²) < 4.78 is 0. The Morgan fingerprint density at radius 2 is 0.304 bits per heavy atom. The Hall–Kier alpha value is -9.00. The number of hydrogen-bond acceptors (Lipinski definition) is 6.